The maximum Gasteiger partial charge on any atom is 0.229 e. The molecule has 0 amide bonds. The summed E-state index contributed by atoms with van der Waals surface area (Å²) < 4.78 is 5.20. The van der Waals surface area contributed by atoms with Crippen molar-refractivity contribution in [1.82, 2.24) is 0 Å². The predicted octanol–water partition coefficient (Wildman–Crippen LogP) is 2.67. The van der Waals surface area contributed by atoms with Crippen molar-refractivity contribution in [3.05, 3.63) is 58.0 Å². The highest BCUT2D eigenvalue weighted by Gasteiger charge is 2.34. The lowest BCUT2D eigenvalue weighted by atomic mass is 9.85. The van der Waals surface area contributed by atoms with Crippen LogP contribution < -0.4 is 0 Å². The van der Waals surface area contributed by atoms with Gasteiger partial charge in [-0.25, -0.2) is 0 Å². The molecule has 84 valence electrons. The minimum Gasteiger partial charge on any atom is -0.460 e. The van der Waals surface area contributed by atoms with Crippen LogP contribution in [0.4, 0.5) is 0 Å². The average molecular weight is 226 g/mol. The Kier molecular flexibility index (Phi) is 1.87. The fraction of sp³-hybridized carbons (Fsp3) is 0.143. The van der Waals surface area contributed by atoms with Gasteiger partial charge in [-0.2, -0.15) is 0 Å². The van der Waals surface area contributed by atoms with E-state index in [2.05, 4.69) is 0 Å². The van der Waals surface area contributed by atoms with Crippen LogP contribution >= 0.6 is 0 Å². The fourth-order valence-corrected chi connectivity index (χ4v) is 2.30. The van der Waals surface area contributed by atoms with Crippen molar-refractivity contribution in [3.8, 4) is 0 Å². The molecule has 0 spiro atoms. The van der Waals surface area contributed by atoms with Gasteiger partial charge in [0.1, 0.15) is 0 Å². The summed E-state index contributed by atoms with van der Waals surface area (Å²) in [6, 6.07) is 5.29. The second-order valence-electron chi connectivity index (χ2n) is 4.28. The maximum absolute atomic E-state index is 12.3. The summed E-state index contributed by atoms with van der Waals surface area (Å²) in [5, 5.41) is 0. The number of fused-ring (bicyclic) bond motifs is 2. The monoisotopic (exact) mass is 226 g/mol. The average Bonchev–Trinajstić information content (AvgIpc) is 2.68. The van der Waals surface area contributed by atoms with Gasteiger partial charge in [-0.05, 0) is 25.0 Å². The quantitative estimate of drug-likeness (QED) is 0.592. The third-order valence-electron chi connectivity index (χ3n) is 3.15. The SMILES string of the molecule is Cc1cccc2c1C(=O)c1c(C)coc1C2=O. The van der Waals surface area contributed by atoms with E-state index < -0.39 is 0 Å². The van der Waals surface area contributed by atoms with E-state index in [1.165, 1.54) is 6.26 Å². The van der Waals surface area contributed by atoms with Crippen molar-refractivity contribution in [3.63, 3.8) is 0 Å². The lowest BCUT2D eigenvalue weighted by molar-refractivity contribution is 0.0959. The third-order valence-corrected chi connectivity index (χ3v) is 3.15. The molecule has 1 aliphatic rings. The van der Waals surface area contributed by atoms with Crippen molar-refractivity contribution in [2.24, 2.45) is 0 Å². The van der Waals surface area contributed by atoms with E-state index in [1.54, 1.807) is 19.1 Å². The number of rotatable bonds is 0. The van der Waals surface area contributed by atoms with Crippen molar-refractivity contribution in [1.29, 1.82) is 0 Å². The largest absolute Gasteiger partial charge is 0.460 e. The maximum atomic E-state index is 12.3. The standard InChI is InChI=1S/C14H10O3/c1-7-4-3-5-9-10(7)13(16)11-8(2)6-17-14(11)12(9)15/h3-6H,1-2H3. The molecule has 0 aliphatic heterocycles. The van der Waals surface area contributed by atoms with E-state index in [4.69, 9.17) is 4.42 Å². The lowest BCUT2D eigenvalue weighted by Gasteiger charge is -2.15. The Bertz CT molecular complexity index is 662. The van der Waals surface area contributed by atoms with Gasteiger partial charge >= 0.3 is 0 Å². The molecular formula is C14H10O3. The normalized spacial score (nSPS) is 13.5. The van der Waals surface area contributed by atoms with Crippen molar-refractivity contribution < 1.29 is 14.0 Å². The summed E-state index contributed by atoms with van der Waals surface area (Å²) in [6.45, 7) is 3.61. The first kappa shape index (κ1) is 10.0. The summed E-state index contributed by atoms with van der Waals surface area (Å²) >= 11 is 0. The summed E-state index contributed by atoms with van der Waals surface area (Å²) in [5.41, 5.74) is 2.91. The molecule has 3 heteroatoms. The second-order valence-corrected chi connectivity index (χ2v) is 4.28. The Balaban J connectivity index is 2.39. The highest BCUT2D eigenvalue weighted by Crippen LogP contribution is 2.31. The molecule has 0 N–H and O–H groups in total. The minimum atomic E-state index is -0.202. The van der Waals surface area contributed by atoms with Gasteiger partial charge in [0, 0.05) is 11.1 Å². The molecule has 1 aliphatic carbocycles. The molecule has 0 saturated heterocycles. The molecular weight excluding hydrogens is 216 g/mol. The topological polar surface area (TPSA) is 47.3 Å². The third kappa shape index (κ3) is 1.16. The van der Waals surface area contributed by atoms with Crippen LogP contribution in [0.1, 0.15) is 43.2 Å². The van der Waals surface area contributed by atoms with Crippen LogP contribution in [0.25, 0.3) is 0 Å². The number of ketones is 2. The Hall–Kier alpha value is -2.16. The van der Waals surface area contributed by atoms with Crippen LogP contribution in [-0.2, 0) is 0 Å². The molecule has 1 heterocycles. The van der Waals surface area contributed by atoms with Gasteiger partial charge in [0.25, 0.3) is 0 Å². The molecule has 17 heavy (non-hydrogen) atoms. The number of furan rings is 1. The molecule has 1 aromatic heterocycles. The first-order valence-electron chi connectivity index (χ1n) is 5.38. The van der Waals surface area contributed by atoms with Crippen molar-refractivity contribution in [2.75, 3.05) is 0 Å². The highest BCUT2D eigenvalue weighted by molar-refractivity contribution is 6.28. The molecule has 0 atom stereocenters. The predicted molar refractivity (Wildman–Crippen MR) is 61.5 cm³/mol. The van der Waals surface area contributed by atoms with Gasteiger partial charge in [-0.1, -0.05) is 18.2 Å². The fourth-order valence-electron chi connectivity index (χ4n) is 2.30. The molecule has 2 aromatic rings. The first-order valence-corrected chi connectivity index (χ1v) is 5.38. The number of benzene rings is 1. The molecule has 1 aromatic carbocycles. The van der Waals surface area contributed by atoms with Crippen LogP contribution in [-0.4, -0.2) is 11.6 Å². The molecule has 0 fully saturated rings. The van der Waals surface area contributed by atoms with Gasteiger partial charge in [0.05, 0.1) is 11.8 Å². The number of aryl methyl sites for hydroxylation is 2. The Morgan fingerprint density at radius 2 is 1.71 bits per heavy atom. The van der Waals surface area contributed by atoms with E-state index in [-0.39, 0.29) is 17.3 Å². The van der Waals surface area contributed by atoms with E-state index in [0.717, 1.165) is 5.56 Å². The molecule has 0 saturated carbocycles. The highest BCUT2D eigenvalue weighted by atomic mass is 16.3. The van der Waals surface area contributed by atoms with Gasteiger partial charge in [0.15, 0.2) is 11.5 Å². The molecule has 3 rings (SSSR count). The van der Waals surface area contributed by atoms with Crippen LogP contribution in [0.5, 0.6) is 0 Å². The number of carbonyl (C=O) groups is 2. The summed E-state index contributed by atoms with van der Waals surface area (Å²) in [6.07, 6.45) is 1.46. The Morgan fingerprint density at radius 3 is 2.47 bits per heavy atom. The van der Waals surface area contributed by atoms with Gasteiger partial charge < -0.3 is 4.42 Å². The molecule has 0 radical (unpaired) electrons. The van der Waals surface area contributed by atoms with Crippen LogP contribution in [0.3, 0.4) is 0 Å². The van der Waals surface area contributed by atoms with Gasteiger partial charge in [-0.15, -0.1) is 0 Å². The summed E-state index contributed by atoms with van der Waals surface area (Å²) in [7, 11) is 0. The minimum absolute atomic E-state index is 0.112. The van der Waals surface area contributed by atoms with E-state index in [9.17, 15) is 9.59 Å². The zero-order valence-corrected chi connectivity index (χ0v) is 9.53. The number of hydrogen-bond donors (Lipinski definition) is 0. The van der Waals surface area contributed by atoms with Crippen LogP contribution in [0.2, 0.25) is 0 Å². The van der Waals surface area contributed by atoms with Crippen LogP contribution in [0.15, 0.2) is 28.9 Å². The van der Waals surface area contributed by atoms with Crippen LogP contribution in [0, 0.1) is 13.8 Å². The smallest absolute Gasteiger partial charge is 0.229 e. The zero-order chi connectivity index (χ0) is 12.2. The number of carbonyl (C=O) groups excluding carboxylic acids is 2. The van der Waals surface area contributed by atoms with E-state index in [0.29, 0.717) is 22.3 Å². The molecule has 3 nitrogen and oxygen atoms in total. The Labute approximate surface area is 98.1 Å². The zero-order valence-electron chi connectivity index (χ0n) is 9.53. The Morgan fingerprint density at radius 1 is 0.941 bits per heavy atom. The molecule has 0 unspecified atom stereocenters. The second kappa shape index (κ2) is 3.17. The van der Waals surface area contributed by atoms with Crippen molar-refractivity contribution >= 4 is 11.6 Å². The lowest BCUT2D eigenvalue weighted by Crippen LogP contribution is -2.21. The van der Waals surface area contributed by atoms with Gasteiger partial charge in [0.2, 0.25) is 5.78 Å². The van der Waals surface area contributed by atoms with Crippen molar-refractivity contribution in [2.45, 2.75) is 13.8 Å². The number of hydrogen-bond acceptors (Lipinski definition) is 3. The summed E-state index contributed by atoms with van der Waals surface area (Å²) in [4.78, 5) is 24.5. The van der Waals surface area contributed by atoms with E-state index >= 15 is 0 Å². The first-order chi connectivity index (χ1) is 8.11. The summed E-state index contributed by atoms with van der Waals surface area (Å²) in [5.74, 6) is -0.143. The molecule has 0 bridgehead atoms. The van der Waals surface area contributed by atoms with Gasteiger partial charge in [-0.3, -0.25) is 9.59 Å². The van der Waals surface area contributed by atoms with E-state index in [1.807, 2.05) is 13.0 Å².